The van der Waals surface area contributed by atoms with Crippen LogP contribution in [0.3, 0.4) is 0 Å². The number of nitrogens with one attached hydrogen (secondary N) is 1. The molecule has 0 aliphatic carbocycles. The Hall–Kier alpha value is -2.31. The number of ether oxygens (including phenoxy) is 1. The van der Waals surface area contributed by atoms with Gasteiger partial charge in [0.25, 0.3) is 5.91 Å². The van der Waals surface area contributed by atoms with Gasteiger partial charge in [0.05, 0.1) is 0 Å². The molecule has 27 heavy (non-hydrogen) atoms. The van der Waals surface area contributed by atoms with Gasteiger partial charge in [-0.05, 0) is 69.3 Å². The Balaban J connectivity index is 1.87. The lowest BCUT2D eigenvalue weighted by Crippen LogP contribution is -2.32. The molecule has 0 aromatic heterocycles. The number of halogens is 1. The zero-order chi connectivity index (χ0) is 20.0. The maximum absolute atomic E-state index is 12.2. The van der Waals surface area contributed by atoms with Gasteiger partial charge >= 0.3 is 5.97 Å². The first kappa shape index (κ1) is 21.0. The highest BCUT2D eigenvalue weighted by Crippen LogP contribution is 2.25. The summed E-state index contributed by atoms with van der Waals surface area (Å²) in [7, 11) is 0. The van der Waals surface area contributed by atoms with E-state index in [4.69, 9.17) is 16.3 Å². The molecular formula is C20H20ClNO4S. The molecule has 0 radical (unpaired) electrons. The number of esters is 1. The Morgan fingerprint density at radius 1 is 1.00 bits per heavy atom. The molecule has 142 valence electrons. The van der Waals surface area contributed by atoms with Crippen molar-refractivity contribution in [3.05, 3.63) is 59.1 Å². The van der Waals surface area contributed by atoms with E-state index in [0.29, 0.717) is 16.3 Å². The van der Waals surface area contributed by atoms with Gasteiger partial charge < -0.3 is 10.1 Å². The first-order chi connectivity index (χ1) is 12.8. The van der Waals surface area contributed by atoms with E-state index in [1.54, 1.807) is 43.3 Å². The molecule has 7 heteroatoms. The summed E-state index contributed by atoms with van der Waals surface area (Å²) in [5, 5.41) is 2.80. The topological polar surface area (TPSA) is 72.5 Å². The lowest BCUT2D eigenvalue weighted by Gasteiger charge is -2.16. The molecular weight excluding hydrogens is 386 g/mol. The predicted molar refractivity (Wildman–Crippen MR) is 107 cm³/mol. The average molecular weight is 406 g/mol. The van der Waals surface area contributed by atoms with Gasteiger partial charge in [-0.1, -0.05) is 11.6 Å². The zero-order valence-corrected chi connectivity index (χ0v) is 16.8. The standard InChI is InChI=1S/C20H20ClNO4S/c1-12(23)15-4-8-17(9-5-15)22-19(24)13(2)26-20(25)14(3)27-18-10-6-16(21)7-11-18/h4-11,13-14H,1-3H3,(H,22,24)/t13-,14+/m1/s1. The Kier molecular flexibility index (Phi) is 7.45. The number of thioether (sulfide) groups is 1. The minimum atomic E-state index is -0.946. The molecule has 0 saturated heterocycles. The lowest BCUT2D eigenvalue weighted by molar-refractivity contribution is -0.152. The first-order valence-electron chi connectivity index (χ1n) is 8.31. The zero-order valence-electron chi connectivity index (χ0n) is 15.2. The summed E-state index contributed by atoms with van der Waals surface area (Å²) in [6, 6.07) is 13.6. The van der Waals surface area contributed by atoms with Gasteiger partial charge in [-0.15, -0.1) is 11.8 Å². The molecule has 0 bridgehead atoms. The third-order valence-corrected chi connectivity index (χ3v) is 5.02. The van der Waals surface area contributed by atoms with Crippen molar-refractivity contribution in [2.24, 2.45) is 0 Å². The van der Waals surface area contributed by atoms with Crippen LogP contribution in [0.15, 0.2) is 53.4 Å². The molecule has 1 amide bonds. The minimum Gasteiger partial charge on any atom is -0.452 e. The van der Waals surface area contributed by atoms with Crippen molar-refractivity contribution in [2.45, 2.75) is 37.0 Å². The van der Waals surface area contributed by atoms with Crippen LogP contribution in [0.2, 0.25) is 5.02 Å². The number of hydrogen-bond donors (Lipinski definition) is 1. The van der Waals surface area contributed by atoms with Gasteiger partial charge in [0, 0.05) is 21.2 Å². The summed E-state index contributed by atoms with van der Waals surface area (Å²) < 4.78 is 5.25. The van der Waals surface area contributed by atoms with Crippen molar-refractivity contribution in [1.82, 2.24) is 0 Å². The fourth-order valence-corrected chi connectivity index (χ4v) is 3.10. The van der Waals surface area contributed by atoms with E-state index in [1.165, 1.54) is 25.6 Å². The van der Waals surface area contributed by atoms with Crippen LogP contribution in [-0.2, 0) is 14.3 Å². The minimum absolute atomic E-state index is 0.0534. The maximum atomic E-state index is 12.2. The predicted octanol–water partition coefficient (Wildman–Crippen LogP) is 4.59. The number of carbonyl (C=O) groups excluding carboxylic acids is 3. The number of anilines is 1. The van der Waals surface area contributed by atoms with E-state index < -0.39 is 23.2 Å². The SMILES string of the molecule is CC(=O)c1ccc(NC(=O)[C@@H](C)OC(=O)[C@H](C)Sc2ccc(Cl)cc2)cc1. The van der Waals surface area contributed by atoms with E-state index in [0.717, 1.165) is 4.90 Å². The van der Waals surface area contributed by atoms with Crippen molar-refractivity contribution >= 4 is 46.7 Å². The third kappa shape index (κ3) is 6.41. The monoisotopic (exact) mass is 405 g/mol. The molecule has 0 heterocycles. The molecule has 5 nitrogen and oxygen atoms in total. The van der Waals surface area contributed by atoms with Gasteiger partial charge in [0.2, 0.25) is 0 Å². The molecule has 2 aromatic rings. The van der Waals surface area contributed by atoms with E-state index in [-0.39, 0.29) is 5.78 Å². The second-order valence-corrected chi connectivity index (χ2v) is 7.77. The highest BCUT2D eigenvalue weighted by Gasteiger charge is 2.23. The molecule has 0 fully saturated rings. The van der Waals surface area contributed by atoms with Crippen LogP contribution < -0.4 is 5.32 Å². The lowest BCUT2D eigenvalue weighted by atomic mass is 10.1. The Bertz CT molecular complexity index is 821. The summed E-state index contributed by atoms with van der Waals surface area (Å²) in [4.78, 5) is 36.6. The van der Waals surface area contributed by atoms with Crippen LogP contribution in [-0.4, -0.2) is 29.0 Å². The second kappa shape index (κ2) is 9.58. The van der Waals surface area contributed by atoms with Crippen LogP contribution in [0.25, 0.3) is 0 Å². The molecule has 0 spiro atoms. The van der Waals surface area contributed by atoms with Crippen molar-refractivity contribution in [3.63, 3.8) is 0 Å². The number of Topliss-reactive ketones (excluding diaryl/α,β-unsaturated/α-hetero) is 1. The second-order valence-electron chi connectivity index (χ2n) is 5.92. The summed E-state index contributed by atoms with van der Waals surface area (Å²) in [5.74, 6) is -0.977. The summed E-state index contributed by atoms with van der Waals surface area (Å²) >= 11 is 7.17. The van der Waals surface area contributed by atoms with Crippen molar-refractivity contribution < 1.29 is 19.1 Å². The maximum Gasteiger partial charge on any atom is 0.319 e. The number of amides is 1. The largest absolute Gasteiger partial charge is 0.452 e. The fraction of sp³-hybridized carbons (Fsp3) is 0.250. The quantitative estimate of drug-likeness (QED) is 0.414. The van der Waals surface area contributed by atoms with Crippen LogP contribution in [0, 0.1) is 0 Å². The van der Waals surface area contributed by atoms with Crippen LogP contribution in [0.4, 0.5) is 5.69 Å². The van der Waals surface area contributed by atoms with Gasteiger partial charge in [-0.3, -0.25) is 14.4 Å². The van der Waals surface area contributed by atoms with Crippen LogP contribution in [0.1, 0.15) is 31.1 Å². The highest BCUT2D eigenvalue weighted by atomic mass is 35.5. The molecule has 2 atom stereocenters. The van der Waals surface area contributed by atoms with Crippen molar-refractivity contribution in [3.8, 4) is 0 Å². The average Bonchev–Trinajstić information content (AvgIpc) is 2.63. The number of hydrogen-bond acceptors (Lipinski definition) is 5. The number of rotatable bonds is 7. The van der Waals surface area contributed by atoms with E-state index in [9.17, 15) is 14.4 Å². The Labute approximate surface area is 167 Å². The molecule has 0 unspecified atom stereocenters. The van der Waals surface area contributed by atoms with Gasteiger partial charge in [0.15, 0.2) is 11.9 Å². The van der Waals surface area contributed by atoms with Crippen LogP contribution in [0.5, 0.6) is 0 Å². The molecule has 1 N–H and O–H groups in total. The van der Waals surface area contributed by atoms with E-state index >= 15 is 0 Å². The third-order valence-electron chi connectivity index (χ3n) is 3.68. The van der Waals surface area contributed by atoms with Gasteiger partial charge in [0.1, 0.15) is 5.25 Å². The normalized spacial score (nSPS) is 12.7. The molecule has 2 aromatic carbocycles. The number of ketones is 1. The van der Waals surface area contributed by atoms with Crippen molar-refractivity contribution in [1.29, 1.82) is 0 Å². The van der Waals surface area contributed by atoms with Gasteiger partial charge in [-0.25, -0.2) is 0 Å². The highest BCUT2D eigenvalue weighted by molar-refractivity contribution is 8.00. The Morgan fingerprint density at radius 2 is 1.59 bits per heavy atom. The number of benzene rings is 2. The summed E-state index contributed by atoms with van der Waals surface area (Å²) in [6.07, 6.45) is -0.946. The molecule has 0 aliphatic rings. The molecule has 0 aliphatic heterocycles. The smallest absolute Gasteiger partial charge is 0.319 e. The summed E-state index contributed by atoms with van der Waals surface area (Å²) in [6.45, 7) is 4.70. The van der Waals surface area contributed by atoms with Crippen LogP contribution >= 0.6 is 23.4 Å². The first-order valence-corrected chi connectivity index (χ1v) is 9.56. The summed E-state index contributed by atoms with van der Waals surface area (Å²) in [5.41, 5.74) is 1.08. The fourth-order valence-electron chi connectivity index (χ4n) is 2.12. The van der Waals surface area contributed by atoms with Crippen molar-refractivity contribution in [2.75, 3.05) is 5.32 Å². The van der Waals surface area contributed by atoms with E-state index in [2.05, 4.69) is 5.32 Å². The molecule has 0 saturated carbocycles. The number of carbonyl (C=O) groups is 3. The van der Waals surface area contributed by atoms with Gasteiger partial charge in [-0.2, -0.15) is 0 Å². The van der Waals surface area contributed by atoms with E-state index in [1.807, 2.05) is 12.1 Å². The Morgan fingerprint density at radius 3 is 2.15 bits per heavy atom. The molecule has 2 rings (SSSR count).